The van der Waals surface area contributed by atoms with Gasteiger partial charge in [0.15, 0.2) is 11.0 Å². The maximum Gasteiger partial charge on any atom is 0.340 e. The van der Waals surface area contributed by atoms with Crippen molar-refractivity contribution in [2.24, 2.45) is 7.05 Å². The summed E-state index contributed by atoms with van der Waals surface area (Å²) in [6.07, 6.45) is 0. The summed E-state index contributed by atoms with van der Waals surface area (Å²) in [6, 6.07) is 17.7. The lowest BCUT2D eigenvalue weighted by Gasteiger charge is -2.13. The van der Waals surface area contributed by atoms with E-state index in [1.165, 1.54) is 18.9 Å². The number of benzene rings is 2. The molecule has 0 aliphatic carbocycles. The van der Waals surface area contributed by atoms with Gasteiger partial charge in [0.1, 0.15) is 0 Å². The summed E-state index contributed by atoms with van der Waals surface area (Å²) in [5.41, 5.74) is 3.94. The monoisotopic (exact) mass is 404 g/mol. The van der Waals surface area contributed by atoms with Crippen LogP contribution in [0.1, 0.15) is 21.6 Å². The third-order valence-electron chi connectivity index (χ3n) is 4.82. The Morgan fingerprint density at radius 2 is 1.79 bits per heavy atom. The highest BCUT2D eigenvalue weighted by Gasteiger charge is 2.20. The van der Waals surface area contributed by atoms with Crippen LogP contribution < -0.4 is 0 Å². The normalized spacial score (nSPS) is 11.0. The number of hydrogen-bond donors (Lipinski definition) is 0. The molecule has 0 aliphatic rings. The average molecular weight is 404 g/mol. The zero-order valence-corrected chi connectivity index (χ0v) is 17.2. The molecule has 7 heteroatoms. The van der Waals surface area contributed by atoms with Crippen LogP contribution in [-0.2, 0) is 17.5 Å². The number of thioether (sulfide) groups is 1. The zero-order valence-electron chi connectivity index (χ0n) is 16.4. The van der Waals surface area contributed by atoms with E-state index in [1.807, 2.05) is 73.1 Å². The Morgan fingerprint density at radius 1 is 1.07 bits per heavy atom. The van der Waals surface area contributed by atoms with Gasteiger partial charge in [0.05, 0.1) is 23.9 Å². The fraction of sp³-hybridized carbons (Fsp3) is 0.182. The van der Waals surface area contributed by atoms with E-state index >= 15 is 0 Å². The van der Waals surface area contributed by atoms with Crippen molar-refractivity contribution in [3.63, 3.8) is 0 Å². The van der Waals surface area contributed by atoms with Crippen molar-refractivity contribution < 1.29 is 9.53 Å². The summed E-state index contributed by atoms with van der Waals surface area (Å²) < 4.78 is 6.97. The van der Waals surface area contributed by atoms with Crippen LogP contribution in [0.5, 0.6) is 0 Å². The van der Waals surface area contributed by atoms with E-state index < -0.39 is 0 Å². The molecule has 29 heavy (non-hydrogen) atoms. The SMILES string of the molecule is COC(=O)c1c(CSc2nnc(-c3ccccc3)n2C)nc2ccccc2c1C. The number of ether oxygens (including phenoxy) is 1. The number of methoxy groups -OCH3 is 1. The summed E-state index contributed by atoms with van der Waals surface area (Å²) in [7, 11) is 3.33. The first-order valence-corrected chi connectivity index (χ1v) is 10.1. The summed E-state index contributed by atoms with van der Waals surface area (Å²) in [6.45, 7) is 1.93. The molecule has 2 aromatic carbocycles. The number of para-hydroxylation sites is 1. The minimum Gasteiger partial charge on any atom is -0.465 e. The van der Waals surface area contributed by atoms with Crippen LogP contribution in [0, 0.1) is 6.92 Å². The first-order valence-electron chi connectivity index (χ1n) is 9.14. The van der Waals surface area contributed by atoms with Gasteiger partial charge >= 0.3 is 5.97 Å². The molecule has 2 heterocycles. The van der Waals surface area contributed by atoms with E-state index in [9.17, 15) is 4.79 Å². The van der Waals surface area contributed by atoms with Crippen molar-refractivity contribution in [2.45, 2.75) is 17.8 Å². The lowest BCUT2D eigenvalue weighted by Crippen LogP contribution is -2.10. The highest BCUT2D eigenvalue weighted by atomic mass is 32.2. The maximum absolute atomic E-state index is 12.5. The number of pyridine rings is 1. The predicted octanol–water partition coefficient (Wildman–Crippen LogP) is 4.42. The smallest absolute Gasteiger partial charge is 0.340 e. The Labute approximate surface area is 172 Å². The quantitative estimate of drug-likeness (QED) is 0.362. The van der Waals surface area contributed by atoms with E-state index in [4.69, 9.17) is 9.72 Å². The van der Waals surface area contributed by atoms with Crippen molar-refractivity contribution in [1.29, 1.82) is 0 Å². The van der Waals surface area contributed by atoms with Crippen molar-refractivity contribution in [3.05, 3.63) is 71.4 Å². The molecular weight excluding hydrogens is 384 g/mol. The third kappa shape index (κ3) is 3.61. The zero-order chi connectivity index (χ0) is 20.4. The van der Waals surface area contributed by atoms with Crippen LogP contribution in [0.25, 0.3) is 22.3 Å². The number of aryl methyl sites for hydroxylation is 1. The van der Waals surface area contributed by atoms with Crippen molar-refractivity contribution in [1.82, 2.24) is 19.7 Å². The fourth-order valence-electron chi connectivity index (χ4n) is 3.33. The van der Waals surface area contributed by atoms with Crippen molar-refractivity contribution in [3.8, 4) is 11.4 Å². The first-order chi connectivity index (χ1) is 14.1. The van der Waals surface area contributed by atoms with Crippen LogP contribution >= 0.6 is 11.8 Å². The van der Waals surface area contributed by atoms with Crippen molar-refractivity contribution >= 4 is 28.6 Å². The summed E-state index contributed by atoms with van der Waals surface area (Å²) >= 11 is 1.49. The minimum absolute atomic E-state index is 0.376. The maximum atomic E-state index is 12.5. The Kier molecular flexibility index (Phi) is 5.31. The first kappa shape index (κ1) is 19.1. The third-order valence-corrected chi connectivity index (χ3v) is 5.85. The second kappa shape index (κ2) is 8.05. The number of carbonyl (C=O) groups excluding carboxylic acids is 1. The van der Waals surface area contributed by atoms with Gasteiger partial charge in [-0.3, -0.25) is 4.98 Å². The van der Waals surface area contributed by atoms with E-state index in [2.05, 4.69) is 10.2 Å². The highest BCUT2D eigenvalue weighted by molar-refractivity contribution is 7.98. The molecule has 0 fully saturated rings. The molecule has 4 rings (SSSR count). The highest BCUT2D eigenvalue weighted by Crippen LogP contribution is 2.29. The van der Waals surface area contributed by atoms with Gasteiger partial charge in [-0.25, -0.2) is 4.79 Å². The molecule has 6 nitrogen and oxygen atoms in total. The molecule has 0 radical (unpaired) electrons. The molecule has 0 aliphatic heterocycles. The molecule has 2 aromatic heterocycles. The molecular formula is C22H20N4O2S. The standard InChI is InChI=1S/C22H20N4O2S/c1-14-16-11-7-8-12-17(16)23-18(19(14)21(27)28-3)13-29-22-25-24-20(26(22)2)15-9-5-4-6-10-15/h4-12H,13H2,1-3H3. The molecule has 0 amide bonds. The number of esters is 1. The molecule has 146 valence electrons. The summed E-state index contributed by atoms with van der Waals surface area (Å²) in [5.74, 6) is 0.903. The summed E-state index contributed by atoms with van der Waals surface area (Å²) in [4.78, 5) is 17.2. The van der Waals surface area contributed by atoms with Crippen LogP contribution in [0.15, 0.2) is 59.8 Å². The van der Waals surface area contributed by atoms with E-state index in [1.54, 1.807) is 0 Å². The second-order valence-electron chi connectivity index (χ2n) is 6.59. The molecule has 0 saturated heterocycles. The van der Waals surface area contributed by atoms with E-state index in [0.29, 0.717) is 17.0 Å². The number of nitrogens with zero attached hydrogens (tertiary/aromatic N) is 4. The predicted molar refractivity (Wildman–Crippen MR) is 114 cm³/mol. The van der Waals surface area contributed by atoms with Gasteiger partial charge in [-0.1, -0.05) is 60.3 Å². The number of aromatic nitrogens is 4. The average Bonchev–Trinajstić information content (AvgIpc) is 3.13. The van der Waals surface area contributed by atoms with Crippen LogP contribution in [0.2, 0.25) is 0 Å². The van der Waals surface area contributed by atoms with Crippen LogP contribution in [0.4, 0.5) is 0 Å². The Morgan fingerprint density at radius 3 is 2.55 bits per heavy atom. The molecule has 0 N–H and O–H groups in total. The fourth-order valence-corrected chi connectivity index (χ4v) is 4.18. The molecule has 4 aromatic rings. The summed E-state index contributed by atoms with van der Waals surface area (Å²) in [5, 5.41) is 10.3. The van der Waals surface area contributed by atoms with Gasteiger partial charge in [-0.05, 0) is 18.6 Å². The molecule has 0 spiro atoms. The lowest BCUT2D eigenvalue weighted by atomic mass is 10.0. The molecule has 0 bridgehead atoms. The van der Waals surface area contributed by atoms with E-state index in [0.717, 1.165) is 33.0 Å². The largest absolute Gasteiger partial charge is 0.465 e. The number of carbonyl (C=O) groups is 1. The van der Waals surface area contributed by atoms with Gasteiger partial charge in [-0.2, -0.15) is 0 Å². The van der Waals surface area contributed by atoms with Gasteiger partial charge < -0.3 is 9.30 Å². The topological polar surface area (TPSA) is 69.9 Å². The van der Waals surface area contributed by atoms with Gasteiger partial charge in [0.25, 0.3) is 0 Å². The number of rotatable bonds is 5. The minimum atomic E-state index is -0.376. The second-order valence-corrected chi connectivity index (χ2v) is 7.53. The number of fused-ring (bicyclic) bond motifs is 1. The van der Waals surface area contributed by atoms with Crippen LogP contribution in [-0.4, -0.2) is 32.8 Å². The van der Waals surface area contributed by atoms with Gasteiger partial charge in [0.2, 0.25) is 0 Å². The molecule has 0 unspecified atom stereocenters. The van der Waals surface area contributed by atoms with Gasteiger partial charge in [-0.15, -0.1) is 10.2 Å². The van der Waals surface area contributed by atoms with E-state index in [-0.39, 0.29) is 5.97 Å². The lowest BCUT2D eigenvalue weighted by molar-refractivity contribution is 0.0598. The molecule has 0 atom stereocenters. The van der Waals surface area contributed by atoms with Crippen LogP contribution in [0.3, 0.4) is 0 Å². The Hall–Kier alpha value is -3.19. The Bertz CT molecular complexity index is 1190. The molecule has 0 saturated carbocycles. The van der Waals surface area contributed by atoms with Gasteiger partial charge in [0, 0.05) is 23.8 Å². The Balaban J connectivity index is 1.68. The van der Waals surface area contributed by atoms with Crippen molar-refractivity contribution in [2.75, 3.05) is 7.11 Å². The number of hydrogen-bond acceptors (Lipinski definition) is 6.